The zero-order chi connectivity index (χ0) is 16.2. The molecule has 122 valence electrons. The number of pyridine rings is 1. The second kappa shape index (κ2) is 6.99. The molecule has 2 aromatic rings. The second-order valence-corrected chi connectivity index (χ2v) is 6.48. The Balaban J connectivity index is 1.80. The lowest BCUT2D eigenvalue weighted by Crippen LogP contribution is -2.36. The van der Waals surface area contributed by atoms with Crippen LogP contribution in [0.3, 0.4) is 0 Å². The molecule has 0 saturated carbocycles. The van der Waals surface area contributed by atoms with Crippen molar-refractivity contribution >= 4 is 5.91 Å². The topological polar surface area (TPSA) is 38.1 Å². The first-order valence-electron chi connectivity index (χ1n) is 8.47. The Morgan fingerprint density at radius 2 is 2.13 bits per heavy atom. The van der Waals surface area contributed by atoms with Crippen LogP contribution in [-0.4, -0.2) is 26.9 Å². The number of hydrogen-bond donors (Lipinski definition) is 0. The van der Waals surface area contributed by atoms with E-state index in [1.165, 1.54) is 18.5 Å². The molecule has 0 N–H and O–H groups in total. The Morgan fingerprint density at radius 1 is 1.26 bits per heavy atom. The first-order chi connectivity index (χ1) is 11.1. The molecule has 3 heterocycles. The third kappa shape index (κ3) is 3.63. The molecule has 2 aromatic heterocycles. The minimum Gasteiger partial charge on any atom is -0.353 e. The van der Waals surface area contributed by atoms with Gasteiger partial charge in [-0.2, -0.15) is 0 Å². The molecule has 23 heavy (non-hydrogen) atoms. The molecular formula is C19H25N3O. The molecular weight excluding hydrogens is 286 g/mol. The minimum absolute atomic E-state index is 0.198. The summed E-state index contributed by atoms with van der Waals surface area (Å²) in [6.07, 6.45) is 8.86. The third-order valence-corrected chi connectivity index (χ3v) is 4.73. The maximum Gasteiger partial charge on any atom is 0.227 e. The highest BCUT2D eigenvalue weighted by atomic mass is 16.2. The van der Waals surface area contributed by atoms with Crippen molar-refractivity contribution in [3.63, 3.8) is 0 Å². The summed E-state index contributed by atoms with van der Waals surface area (Å²) < 4.78 is 2.14. The van der Waals surface area contributed by atoms with Crippen molar-refractivity contribution in [2.75, 3.05) is 6.54 Å². The summed E-state index contributed by atoms with van der Waals surface area (Å²) in [7, 11) is 2.06. The van der Waals surface area contributed by atoms with Crippen LogP contribution in [0.15, 0.2) is 36.7 Å². The lowest BCUT2D eigenvalue weighted by atomic mass is 10.1. The van der Waals surface area contributed by atoms with E-state index >= 15 is 0 Å². The highest BCUT2D eigenvalue weighted by Gasteiger charge is 2.28. The van der Waals surface area contributed by atoms with Crippen LogP contribution in [0.4, 0.5) is 0 Å². The summed E-state index contributed by atoms with van der Waals surface area (Å²) in [6.45, 7) is 2.82. The Morgan fingerprint density at radius 3 is 2.83 bits per heavy atom. The molecule has 0 unspecified atom stereocenters. The molecule has 3 rings (SSSR count). The Hall–Kier alpha value is -2.10. The molecule has 1 fully saturated rings. The van der Waals surface area contributed by atoms with E-state index in [0.717, 1.165) is 30.6 Å². The minimum atomic E-state index is 0.198. The van der Waals surface area contributed by atoms with E-state index in [0.29, 0.717) is 6.42 Å². The van der Waals surface area contributed by atoms with Crippen LogP contribution < -0.4 is 0 Å². The van der Waals surface area contributed by atoms with Crippen LogP contribution >= 0.6 is 0 Å². The fourth-order valence-electron chi connectivity index (χ4n) is 3.41. The van der Waals surface area contributed by atoms with Crippen LogP contribution in [0.1, 0.15) is 48.7 Å². The van der Waals surface area contributed by atoms with Crippen molar-refractivity contribution in [1.29, 1.82) is 0 Å². The summed E-state index contributed by atoms with van der Waals surface area (Å²) >= 11 is 0. The predicted octanol–water partition coefficient (Wildman–Crippen LogP) is 3.41. The standard InChI is InChI=1S/C19H25N3O/c1-15-9-10-16(14-20-15)13-19(23)22-12-5-3-4-7-18(22)17-8-6-11-21(17)2/h6,8-11,14,18H,3-5,7,12-13H2,1-2H3/t18-/m1/s1. The lowest BCUT2D eigenvalue weighted by Gasteiger charge is -2.30. The van der Waals surface area contributed by atoms with Crippen LogP contribution in [0.5, 0.6) is 0 Å². The van der Waals surface area contributed by atoms with Gasteiger partial charge in [0.05, 0.1) is 12.5 Å². The molecule has 1 aliphatic heterocycles. The normalized spacial score (nSPS) is 18.7. The zero-order valence-corrected chi connectivity index (χ0v) is 14.0. The average molecular weight is 311 g/mol. The number of likely N-dealkylation sites (tertiary alicyclic amines) is 1. The van der Waals surface area contributed by atoms with Gasteiger partial charge in [-0.15, -0.1) is 0 Å². The fraction of sp³-hybridized carbons (Fsp3) is 0.474. The van der Waals surface area contributed by atoms with Crippen molar-refractivity contribution in [1.82, 2.24) is 14.5 Å². The Kier molecular flexibility index (Phi) is 4.79. The summed E-state index contributed by atoms with van der Waals surface area (Å²) in [5, 5.41) is 0. The van der Waals surface area contributed by atoms with Gasteiger partial charge in [0.1, 0.15) is 0 Å². The highest BCUT2D eigenvalue weighted by Crippen LogP contribution is 2.30. The molecule has 0 radical (unpaired) electrons. The van der Waals surface area contributed by atoms with Crippen LogP contribution in [0.25, 0.3) is 0 Å². The van der Waals surface area contributed by atoms with Crippen molar-refractivity contribution in [3.8, 4) is 0 Å². The van der Waals surface area contributed by atoms with Crippen molar-refractivity contribution in [2.45, 2.75) is 45.1 Å². The monoisotopic (exact) mass is 311 g/mol. The van der Waals surface area contributed by atoms with Crippen molar-refractivity contribution < 1.29 is 4.79 Å². The Bertz CT molecular complexity index is 660. The SMILES string of the molecule is Cc1ccc(CC(=O)N2CCCCC[C@@H]2c2cccn2C)cn1. The van der Waals surface area contributed by atoms with E-state index in [1.54, 1.807) is 0 Å². The van der Waals surface area contributed by atoms with E-state index in [9.17, 15) is 4.79 Å². The van der Waals surface area contributed by atoms with Gasteiger partial charge in [-0.25, -0.2) is 0 Å². The molecule has 1 atom stereocenters. The number of amides is 1. The van der Waals surface area contributed by atoms with E-state index in [2.05, 4.69) is 39.8 Å². The molecule has 4 nitrogen and oxygen atoms in total. The molecule has 0 bridgehead atoms. The predicted molar refractivity (Wildman–Crippen MR) is 91.0 cm³/mol. The molecule has 1 saturated heterocycles. The van der Waals surface area contributed by atoms with Gasteiger partial charge >= 0.3 is 0 Å². The second-order valence-electron chi connectivity index (χ2n) is 6.48. The number of carbonyl (C=O) groups is 1. The van der Waals surface area contributed by atoms with Gasteiger partial charge in [-0.3, -0.25) is 9.78 Å². The number of aryl methyl sites for hydroxylation is 2. The van der Waals surface area contributed by atoms with E-state index in [1.807, 2.05) is 25.3 Å². The maximum atomic E-state index is 12.9. The maximum absolute atomic E-state index is 12.9. The Labute approximate surface area is 138 Å². The van der Waals surface area contributed by atoms with Gasteiger partial charge < -0.3 is 9.47 Å². The fourth-order valence-corrected chi connectivity index (χ4v) is 3.41. The molecule has 0 aliphatic carbocycles. The smallest absolute Gasteiger partial charge is 0.227 e. The first-order valence-corrected chi connectivity index (χ1v) is 8.47. The number of rotatable bonds is 3. The van der Waals surface area contributed by atoms with Crippen molar-refractivity contribution in [3.05, 3.63) is 53.6 Å². The summed E-state index contributed by atoms with van der Waals surface area (Å²) in [5.41, 5.74) is 3.22. The van der Waals surface area contributed by atoms with Crippen LogP contribution in [0.2, 0.25) is 0 Å². The van der Waals surface area contributed by atoms with E-state index < -0.39 is 0 Å². The molecule has 0 aromatic carbocycles. The summed E-state index contributed by atoms with van der Waals surface area (Å²) in [5.74, 6) is 0.212. The molecule has 1 amide bonds. The zero-order valence-electron chi connectivity index (χ0n) is 14.0. The van der Waals surface area contributed by atoms with Gasteiger partial charge in [0.15, 0.2) is 0 Å². The van der Waals surface area contributed by atoms with Gasteiger partial charge in [-0.1, -0.05) is 18.9 Å². The number of hydrogen-bond acceptors (Lipinski definition) is 2. The first kappa shape index (κ1) is 15.8. The number of nitrogens with zero attached hydrogens (tertiary/aromatic N) is 3. The van der Waals surface area contributed by atoms with Gasteiger partial charge in [0, 0.05) is 37.4 Å². The van der Waals surface area contributed by atoms with Crippen LogP contribution in [-0.2, 0) is 18.3 Å². The molecule has 1 aliphatic rings. The van der Waals surface area contributed by atoms with Gasteiger partial charge in [-0.05, 0) is 43.5 Å². The summed E-state index contributed by atoms with van der Waals surface area (Å²) in [6, 6.07) is 8.38. The molecule has 0 spiro atoms. The quantitative estimate of drug-likeness (QED) is 0.871. The van der Waals surface area contributed by atoms with Gasteiger partial charge in [0.2, 0.25) is 5.91 Å². The summed E-state index contributed by atoms with van der Waals surface area (Å²) in [4.78, 5) is 19.3. The average Bonchev–Trinajstić information content (AvgIpc) is 2.82. The third-order valence-electron chi connectivity index (χ3n) is 4.73. The molecule has 4 heteroatoms. The number of aromatic nitrogens is 2. The highest BCUT2D eigenvalue weighted by molar-refractivity contribution is 5.79. The number of carbonyl (C=O) groups excluding carboxylic acids is 1. The van der Waals surface area contributed by atoms with E-state index in [4.69, 9.17) is 0 Å². The van der Waals surface area contributed by atoms with E-state index in [-0.39, 0.29) is 11.9 Å². The largest absolute Gasteiger partial charge is 0.353 e. The van der Waals surface area contributed by atoms with Crippen molar-refractivity contribution in [2.24, 2.45) is 7.05 Å². The van der Waals surface area contributed by atoms with Crippen LogP contribution in [0, 0.1) is 6.92 Å². The lowest BCUT2D eigenvalue weighted by molar-refractivity contribution is -0.133. The van der Waals surface area contributed by atoms with Gasteiger partial charge in [0.25, 0.3) is 0 Å².